The van der Waals surface area contributed by atoms with Gasteiger partial charge in [-0.25, -0.2) is 0 Å². The Morgan fingerprint density at radius 2 is 1.86 bits per heavy atom. The molecule has 1 fully saturated rings. The van der Waals surface area contributed by atoms with E-state index in [0.29, 0.717) is 12.3 Å². The SMILES string of the molecule is CCCCN(CCC)Cc1ccc(N2CC(C)CC2=O)cc1. The van der Waals surface area contributed by atoms with Crippen molar-refractivity contribution in [2.45, 2.75) is 53.0 Å². The molecule has 1 aliphatic rings. The van der Waals surface area contributed by atoms with E-state index in [1.54, 1.807) is 0 Å². The molecule has 3 nitrogen and oxygen atoms in total. The zero-order chi connectivity index (χ0) is 15.9. The van der Waals surface area contributed by atoms with Crippen LogP contribution in [0.2, 0.25) is 0 Å². The summed E-state index contributed by atoms with van der Waals surface area (Å²) in [6.07, 6.45) is 4.39. The molecule has 0 bridgehead atoms. The number of unbranched alkanes of at least 4 members (excludes halogenated alkanes) is 1. The molecular formula is C19H30N2O. The highest BCUT2D eigenvalue weighted by molar-refractivity contribution is 5.95. The normalized spacial score (nSPS) is 18.5. The Balaban J connectivity index is 1.97. The number of carbonyl (C=O) groups excluding carboxylic acids is 1. The van der Waals surface area contributed by atoms with Crippen LogP contribution >= 0.6 is 0 Å². The Labute approximate surface area is 135 Å². The molecule has 0 aliphatic carbocycles. The standard InChI is InChI=1S/C19H30N2O/c1-4-6-12-20(11-5-2)15-17-7-9-18(10-8-17)21-14-16(3)13-19(21)22/h7-10,16H,4-6,11-15H2,1-3H3. The van der Waals surface area contributed by atoms with Crippen molar-refractivity contribution in [2.75, 3.05) is 24.5 Å². The monoisotopic (exact) mass is 302 g/mol. The van der Waals surface area contributed by atoms with Crippen LogP contribution in [0.25, 0.3) is 0 Å². The van der Waals surface area contributed by atoms with E-state index >= 15 is 0 Å². The topological polar surface area (TPSA) is 23.6 Å². The summed E-state index contributed by atoms with van der Waals surface area (Å²) in [5.74, 6) is 0.733. The lowest BCUT2D eigenvalue weighted by Crippen LogP contribution is -2.26. The molecule has 0 aromatic heterocycles. The minimum absolute atomic E-state index is 0.260. The van der Waals surface area contributed by atoms with Crippen LogP contribution in [0.4, 0.5) is 5.69 Å². The summed E-state index contributed by atoms with van der Waals surface area (Å²) in [7, 11) is 0. The van der Waals surface area contributed by atoms with E-state index in [4.69, 9.17) is 0 Å². The molecule has 3 heteroatoms. The van der Waals surface area contributed by atoms with E-state index in [9.17, 15) is 4.79 Å². The van der Waals surface area contributed by atoms with Gasteiger partial charge in [0.2, 0.25) is 5.91 Å². The molecule has 1 saturated heterocycles. The first-order chi connectivity index (χ1) is 10.6. The van der Waals surface area contributed by atoms with Crippen molar-refractivity contribution in [1.29, 1.82) is 0 Å². The van der Waals surface area contributed by atoms with Crippen molar-refractivity contribution in [3.8, 4) is 0 Å². The number of carbonyl (C=O) groups is 1. The Hall–Kier alpha value is -1.35. The predicted molar refractivity (Wildman–Crippen MR) is 93.1 cm³/mol. The van der Waals surface area contributed by atoms with Gasteiger partial charge in [-0.15, -0.1) is 0 Å². The molecule has 0 spiro atoms. The minimum atomic E-state index is 0.260. The third kappa shape index (κ3) is 4.57. The molecular weight excluding hydrogens is 272 g/mol. The molecule has 1 aliphatic heterocycles. The lowest BCUT2D eigenvalue weighted by atomic mass is 10.1. The number of amides is 1. The van der Waals surface area contributed by atoms with Gasteiger partial charge in [0.05, 0.1) is 0 Å². The first-order valence-electron chi connectivity index (χ1n) is 8.75. The van der Waals surface area contributed by atoms with Gasteiger partial charge >= 0.3 is 0 Å². The average molecular weight is 302 g/mol. The molecule has 1 unspecified atom stereocenters. The van der Waals surface area contributed by atoms with Crippen molar-refractivity contribution in [2.24, 2.45) is 5.92 Å². The maximum absolute atomic E-state index is 12.0. The van der Waals surface area contributed by atoms with E-state index in [2.05, 4.69) is 49.9 Å². The number of anilines is 1. The smallest absolute Gasteiger partial charge is 0.227 e. The molecule has 0 radical (unpaired) electrons. The molecule has 1 aromatic rings. The summed E-state index contributed by atoms with van der Waals surface area (Å²) in [6.45, 7) is 10.8. The van der Waals surface area contributed by atoms with Gasteiger partial charge in [-0.2, -0.15) is 0 Å². The fourth-order valence-electron chi connectivity index (χ4n) is 3.14. The molecule has 2 rings (SSSR count). The quantitative estimate of drug-likeness (QED) is 0.722. The van der Waals surface area contributed by atoms with Crippen LogP contribution in [-0.2, 0) is 11.3 Å². The van der Waals surface area contributed by atoms with Gasteiger partial charge in [0.15, 0.2) is 0 Å². The van der Waals surface area contributed by atoms with Crippen molar-refractivity contribution in [3.05, 3.63) is 29.8 Å². The van der Waals surface area contributed by atoms with Gasteiger partial charge in [-0.1, -0.05) is 39.3 Å². The largest absolute Gasteiger partial charge is 0.312 e. The summed E-state index contributed by atoms with van der Waals surface area (Å²) in [5, 5.41) is 0. The average Bonchev–Trinajstić information content (AvgIpc) is 2.84. The van der Waals surface area contributed by atoms with Crippen LogP contribution in [0.1, 0.15) is 52.0 Å². The molecule has 1 aromatic carbocycles. The molecule has 22 heavy (non-hydrogen) atoms. The zero-order valence-corrected chi connectivity index (χ0v) is 14.3. The molecule has 0 saturated carbocycles. The second-order valence-corrected chi connectivity index (χ2v) is 6.61. The summed E-state index contributed by atoms with van der Waals surface area (Å²) >= 11 is 0. The van der Waals surface area contributed by atoms with E-state index in [0.717, 1.165) is 25.3 Å². The fraction of sp³-hybridized carbons (Fsp3) is 0.632. The summed E-state index contributed by atoms with van der Waals surface area (Å²) in [5.41, 5.74) is 2.39. The third-order valence-electron chi connectivity index (χ3n) is 4.34. The lowest BCUT2D eigenvalue weighted by molar-refractivity contribution is -0.117. The Bertz CT molecular complexity index is 469. The highest BCUT2D eigenvalue weighted by Crippen LogP contribution is 2.25. The molecule has 0 N–H and O–H groups in total. The summed E-state index contributed by atoms with van der Waals surface area (Å²) in [4.78, 5) is 16.4. The summed E-state index contributed by atoms with van der Waals surface area (Å²) < 4.78 is 0. The second kappa shape index (κ2) is 8.33. The van der Waals surface area contributed by atoms with Crippen LogP contribution < -0.4 is 4.90 Å². The Morgan fingerprint density at radius 1 is 1.14 bits per heavy atom. The predicted octanol–water partition coefficient (Wildman–Crippen LogP) is 4.07. The third-order valence-corrected chi connectivity index (χ3v) is 4.34. The molecule has 1 heterocycles. The second-order valence-electron chi connectivity index (χ2n) is 6.61. The van der Waals surface area contributed by atoms with Crippen LogP contribution in [-0.4, -0.2) is 30.4 Å². The number of rotatable bonds is 8. The maximum Gasteiger partial charge on any atom is 0.227 e. The maximum atomic E-state index is 12.0. The van der Waals surface area contributed by atoms with Crippen molar-refractivity contribution < 1.29 is 4.79 Å². The highest BCUT2D eigenvalue weighted by atomic mass is 16.2. The lowest BCUT2D eigenvalue weighted by Gasteiger charge is -2.22. The number of hydrogen-bond donors (Lipinski definition) is 0. The van der Waals surface area contributed by atoms with E-state index < -0.39 is 0 Å². The van der Waals surface area contributed by atoms with Gasteiger partial charge in [0.25, 0.3) is 0 Å². The number of hydrogen-bond acceptors (Lipinski definition) is 2. The van der Waals surface area contributed by atoms with E-state index in [1.807, 2.05) is 4.90 Å². The van der Waals surface area contributed by atoms with Crippen molar-refractivity contribution >= 4 is 11.6 Å². The van der Waals surface area contributed by atoms with E-state index in [-0.39, 0.29) is 5.91 Å². The molecule has 1 amide bonds. The van der Waals surface area contributed by atoms with Crippen molar-refractivity contribution in [1.82, 2.24) is 4.90 Å². The first kappa shape index (κ1) is 17.0. The number of nitrogens with zero attached hydrogens (tertiary/aromatic N) is 2. The Kier molecular flexibility index (Phi) is 6.44. The Morgan fingerprint density at radius 3 is 2.41 bits per heavy atom. The zero-order valence-electron chi connectivity index (χ0n) is 14.3. The van der Waals surface area contributed by atoms with E-state index in [1.165, 1.54) is 31.4 Å². The van der Waals surface area contributed by atoms with Crippen molar-refractivity contribution in [3.63, 3.8) is 0 Å². The number of benzene rings is 1. The van der Waals surface area contributed by atoms with Gasteiger partial charge in [-0.3, -0.25) is 9.69 Å². The van der Waals surface area contributed by atoms with Crippen LogP contribution in [0.3, 0.4) is 0 Å². The highest BCUT2D eigenvalue weighted by Gasteiger charge is 2.27. The van der Waals surface area contributed by atoms with Gasteiger partial charge in [0, 0.05) is 25.2 Å². The van der Waals surface area contributed by atoms with Gasteiger partial charge in [-0.05, 0) is 49.5 Å². The fourth-order valence-corrected chi connectivity index (χ4v) is 3.14. The van der Waals surface area contributed by atoms with Gasteiger partial charge < -0.3 is 4.90 Å². The van der Waals surface area contributed by atoms with Crippen LogP contribution in [0.5, 0.6) is 0 Å². The van der Waals surface area contributed by atoms with Gasteiger partial charge in [0.1, 0.15) is 0 Å². The first-order valence-corrected chi connectivity index (χ1v) is 8.75. The molecule has 122 valence electrons. The van der Waals surface area contributed by atoms with Crippen LogP contribution in [0, 0.1) is 5.92 Å². The molecule has 1 atom stereocenters. The van der Waals surface area contributed by atoms with Crippen LogP contribution in [0.15, 0.2) is 24.3 Å². The minimum Gasteiger partial charge on any atom is -0.312 e. The summed E-state index contributed by atoms with van der Waals surface area (Å²) in [6, 6.07) is 8.57.